The number of carbonyl (C=O) groups excluding carboxylic acids is 1. The van der Waals surface area contributed by atoms with Crippen molar-refractivity contribution in [2.45, 2.75) is 31.9 Å². The Hall–Kier alpha value is -4.76. The molecule has 9 heteroatoms. The van der Waals surface area contributed by atoms with Gasteiger partial charge in [0.05, 0.1) is 42.6 Å². The van der Waals surface area contributed by atoms with Crippen LogP contribution in [0.15, 0.2) is 66.9 Å². The molecule has 0 radical (unpaired) electrons. The lowest BCUT2D eigenvalue weighted by atomic mass is 9.91. The molecule has 206 valence electrons. The fourth-order valence-electron chi connectivity index (χ4n) is 4.80. The van der Waals surface area contributed by atoms with Crippen molar-refractivity contribution in [1.82, 2.24) is 15.3 Å². The first-order chi connectivity index (χ1) is 19.1. The molecule has 1 amide bonds. The molecular weight excluding hydrogens is 510 g/mol. The fraction of sp³-hybridized carbons (Fsp3) is 0.226. The lowest BCUT2D eigenvalue weighted by molar-refractivity contribution is 0.0352. The van der Waals surface area contributed by atoms with Crippen LogP contribution in [0, 0.1) is 0 Å². The molecule has 0 fully saturated rings. The molecular formula is C31H31N3O6. The first-order valence-electron chi connectivity index (χ1n) is 12.8. The molecule has 0 spiro atoms. The minimum atomic E-state index is -1.24. The third-order valence-corrected chi connectivity index (χ3v) is 7.09. The van der Waals surface area contributed by atoms with E-state index in [1.807, 2.05) is 30.5 Å². The molecule has 5 rings (SSSR count). The number of phenolic OH excluding ortho intramolecular Hbond substituents is 2. The molecule has 0 saturated carbocycles. The van der Waals surface area contributed by atoms with Gasteiger partial charge in [0.25, 0.3) is 5.91 Å². The van der Waals surface area contributed by atoms with E-state index in [2.05, 4.69) is 10.3 Å². The van der Waals surface area contributed by atoms with Crippen LogP contribution in [-0.4, -0.2) is 57.1 Å². The Morgan fingerprint density at radius 1 is 1.02 bits per heavy atom. The molecule has 2 heterocycles. The maximum Gasteiger partial charge on any atom is 0.252 e. The van der Waals surface area contributed by atoms with E-state index in [0.717, 1.165) is 16.5 Å². The quantitative estimate of drug-likeness (QED) is 0.176. The highest BCUT2D eigenvalue weighted by atomic mass is 16.5. The predicted molar refractivity (Wildman–Crippen MR) is 153 cm³/mol. The fourth-order valence-corrected chi connectivity index (χ4v) is 4.80. The van der Waals surface area contributed by atoms with Gasteiger partial charge in [-0.1, -0.05) is 18.2 Å². The Labute approximate surface area is 231 Å². The number of aromatic amines is 1. The second-order valence-electron chi connectivity index (χ2n) is 10.2. The summed E-state index contributed by atoms with van der Waals surface area (Å²) in [5.41, 5.74) is 2.35. The molecule has 1 atom stereocenters. The van der Waals surface area contributed by atoms with Crippen LogP contribution in [0.5, 0.6) is 23.0 Å². The number of carbonyl (C=O) groups is 1. The summed E-state index contributed by atoms with van der Waals surface area (Å²) in [6, 6.07) is 17.0. The van der Waals surface area contributed by atoms with Crippen LogP contribution in [0.3, 0.4) is 0 Å². The number of H-pyrrole nitrogens is 1. The summed E-state index contributed by atoms with van der Waals surface area (Å²) in [6.45, 7) is 3.33. The summed E-state index contributed by atoms with van der Waals surface area (Å²) in [7, 11) is 2.92. The molecule has 0 unspecified atom stereocenters. The number of methoxy groups -OCH3 is 2. The number of nitrogens with zero attached hydrogens (tertiary/aromatic N) is 1. The summed E-state index contributed by atoms with van der Waals surface area (Å²) in [5.74, 6) is -0.557. The number of hydrogen-bond acceptors (Lipinski definition) is 7. The Balaban J connectivity index is 1.58. The van der Waals surface area contributed by atoms with Gasteiger partial charge in [0.2, 0.25) is 5.75 Å². The number of aromatic hydroxyl groups is 2. The summed E-state index contributed by atoms with van der Waals surface area (Å²) in [5, 5.41) is 36.0. The number of hydrogen-bond donors (Lipinski definition) is 5. The van der Waals surface area contributed by atoms with Crippen LogP contribution in [-0.2, 0) is 6.42 Å². The monoisotopic (exact) mass is 541 g/mol. The first-order valence-corrected chi connectivity index (χ1v) is 12.8. The number of para-hydroxylation sites is 1. The van der Waals surface area contributed by atoms with Gasteiger partial charge < -0.3 is 35.1 Å². The SMILES string of the molecule is COc1ccc2nc(-c3cc(O)c(O)c(OC)c3)cc(C(=O)N[C@H](Cc3c[nH]c4ccccc34)C(C)(C)O)c2c1. The van der Waals surface area contributed by atoms with E-state index < -0.39 is 17.6 Å². The van der Waals surface area contributed by atoms with Crippen molar-refractivity contribution in [3.05, 3.63) is 78.0 Å². The van der Waals surface area contributed by atoms with Crippen LogP contribution >= 0.6 is 0 Å². The number of aromatic nitrogens is 2. The Morgan fingerprint density at radius 2 is 1.80 bits per heavy atom. The topological polar surface area (TPSA) is 137 Å². The van der Waals surface area contributed by atoms with E-state index in [9.17, 15) is 20.1 Å². The lowest BCUT2D eigenvalue weighted by Gasteiger charge is -2.30. The van der Waals surface area contributed by atoms with Crippen LogP contribution < -0.4 is 14.8 Å². The second-order valence-corrected chi connectivity index (χ2v) is 10.2. The van der Waals surface area contributed by atoms with Crippen molar-refractivity contribution in [1.29, 1.82) is 0 Å². The molecule has 5 N–H and O–H groups in total. The molecule has 0 saturated heterocycles. The summed E-state index contributed by atoms with van der Waals surface area (Å²) < 4.78 is 10.6. The molecule has 40 heavy (non-hydrogen) atoms. The van der Waals surface area contributed by atoms with Gasteiger partial charge in [-0.3, -0.25) is 4.79 Å². The maximum absolute atomic E-state index is 13.9. The van der Waals surface area contributed by atoms with E-state index in [4.69, 9.17) is 14.5 Å². The van der Waals surface area contributed by atoms with Gasteiger partial charge >= 0.3 is 0 Å². The predicted octanol–water partition coefficient (Wildman–Crippen LogP) is 4.92. The zero-order chi connectivity index (χ0) is 28.6. The van der Waals surface area contributed by atoms with Gasteiger partial charge in [0, 0.05) is 28.0 Å². The highest BCUT2D eigenvalue weighted by Crippen LogP contribution is 2.40. The first kappa shape index (κ1) is 26.8. The van der Waals surface area contributed by atoms with Crippen molar-refractivity contribution < 1.29 is 29.6 Å². The second kappa shape index (κ2) is 10.4. The lowest BCUT2D eigenvalue weighted by Crippen LogP contribution is -2.50. The number of amides is 1. The van der Waals surface area contributed by atoms with Gasteiger partial charge in [-0.15, -0.1) is 0 Å². The Bertz CT molecular complexity index is 1720. The number of pyridine rings is 1. The van der Waals surface area contributed by atoms with Crippen LogP contribution in [0.2, 0.25) is 0 Å². The Kier molecular flexibility index (Phi) is 6.99. The summed E-state index contributed by atoms with van der Waals surface area (Å²) in [4.78, 5) is 21.9. The van der Waals surface area contributed by atoms with Gasteiger partial charge in [-0.05, 0) is 68.3 Å². The maximum atomic E-state index is 13.9. The van der Waals surface area contributed by atoms with E-state index in [-0.39, 0.29) is 17.2 Å². The molecule has 9 nitrogen and oxygen atoms in total. The molecule has 0 aliphatic carbocycles. The molecule has 0 aliphatic rings. The van der Waals surface area contributed by atoms with Crippen LogP contribution in [0.25, 0.3) is 33.1 Å². The van der Waals surface area contributed by atoms with Crippen LogP contribution in [0.1, 0.15) is 29.8 Å². The van der Waals surface area contributed by atoms with Gasteiger partial charge in [0.1, 0.15) is 5.75 Å². The average molecular weight is 542 g/mol. The molecule has 0 aliphatic heterocycles. The van der Waals surface area contributed by atoms with E-state index >= 15 is 0 Å². The third kappa shape index (κ3) is 5.11. The summed E-state index contributed by atoms with van der Waals surface area (Å²) in [6.07, 6.45) is 2.28. The minimum Gasteiger partial charge on any atom is -0.504 e. The number of rotatable bonds is 8. The van der Waals surface area contributed by atoms with Crippen molar-refractivity contribution in [3.8, 4) is 34.3 Å². The van der Waals surface area contributed by atoms with Gasteiger partial charge in [-0.25, -0.2) is 4.98 Å². The van der Waals surface area contributed by atoms with E-state index in [0.29, 0.717) is 39.9 Å². The number of aliphatic hydroxyl groups is 1. The van der Waals surface area contributed by atoms with Crippen molar-refractivity contribution >= 4 is 27.7 Å². The number of fused-ring (bicyclic) bond motifs is 2. The smallest absolute Gasteiger partial charge is 0.252 e. The highest BCUT2D eigenvalue weighted by molar-refractivity contribution is 6.07. The molecule has 3 aromatic carbocycles. The molecule has 2 aromatic heterocycles. The van der Waals surface area contributed by atoms with Crippen molar-refractivity contribution in [3.63, 3.8) is 0 Å². The normalized spacial score (nSPS) is 12.4. The molecule has 0 bridgehead atoms. The third-order valence-electron chi connectivity index (χ3n) is 7.09. The van der Waals surface area contributed by atoms with Crippen molar-refractivity contribution in [2.75, 3.05) is 14.2 Å². The largest absolute Gasteiger partial charge is 0.504 e. The highest BCUT2D eigenvalue weighted by Gasteiger charge is 2.30. The minimum absolute atomic E-state index is 0.0680. The number of benzene rings is 3. The average Bonchev–Trinajstić information content (AvgIpc) is 3.35. The van der Waals surface area contributed by atoms with E-state index in [1.165, 1.54) is 19.2 Å². The van der Waals surface area contributed by atoms with E-state index in [1.54, 1.807) is 45.2 Å². The Morgan fingerprint density at radius 3 is 2.52 bits per heavy atom. The number of ether oxygens (including phenoxy) is 2. The van der Waals surface area contributed by atoms with Crippen LogP contribution in [0.4, 0.5) is 0 Å². The number of phenols is 2. The summed E-state index contributed by atoms with van der Waals surface area (Å²) >= 11 is 0. The zero-order valence-electron chi connectivity index (χ0n) is 22.6. The molecule has 5 aromatic rings. The van der Waals surface area contributed by atoms with Gasteiger partial charge in [-0.2, -0.15) is 0 Å². The van der Waals surface area contributed by atoms with Crippen molar-refractivity contribution in [2.24, 2.45) is 0 Å². The zero-order valence-corrected chi connectivity index (χ0v) is 22.6. The van der Waals surface area contributed by atoms with Gasteiger partial charge in [0.15, 0.2) is 11.5 Å². The standard InChI is InChI=1S/C31H31N3O6/c1-31(2,38)28(13-18-16-32-23-8-6-5-7-20(18)23)34-30(37)22-15-25(17-11-26(35)29(36)27(12-17)40-4)33-24-10-9-19(39-3)14-21(22)24/h5-12,14-16,28,32,35-36,38H,13H2,1-4H3,(H,34,37)/t28-/m1/s1. The number of nitrogens with one attached hydrogen (secondary N) is 2.